The van der Waals surface area contributed by atoms with Gasteiger partial charge in [0.15, 0.2) is 11.5 Å². The van der Waals surface area contributed by atoms with Crippen LogP contribution in [0.5, 0.6) is 34.5 Å². The Labute approximate surface area is 158 Å². The zero-order valence-corrected chi connectivity index (χ0v) is 14.5. The van der Waals surface area contributed by atoms with Crippen LogP contribution in [0.15, 0.2) is 103 Å². The summed E-state index contributed by atoms with van der Waals surface area (Å²) >= 11 is 0. The number of rotatable bonds is 6. The Balaban J connectivity index is 1.65. The quantitative estimate of drug-likeness (QED) is 0.379. The van der Waals surface area contributed by atoms with E-state index < -0.39 is 0 Å². The topological polar surface area (TPSA) is 27.7 Å². The van der Waals surface area contributed by atoms with Gasteiger partial charge < -0.3 is 14.2 Å². The Bertz CT molecular complexity index is 984. The average molecular weight is 353 g/mol. The summed E-state index contributed by atoms with van der Waals surface area (Å²) in [7, 11) is 0. The van der Waals surface area contributed by atoms with Gasteiger partial charge in [0.2, 0.25) is 0 Å². The van der Waals surface area contributed by atoms with Crippen LogP contribution in [-0.2, 0) is 0 Å². The Morgan fingerprint density at radius 2 is 0.963 bits per heavy atom. The van der Waals surface area contributed by atoms with E-state index in [4.69, 9.17) is 14.2 Å². The lowest BCUT2D eigenvalue weighted by molar-refractivity contribution is 0.411. The molecule has 0 aliphatic carbocycles. The number of ether oxygens (including phenoxy) is 3. The fourth-order valence-corrected chi connectivity index (χ4v) is 2.51. The molecule has 0 fully saturated rings. The van der Waals surface area contributed by atoms with Crippen LogP contribution in [0.4, 0.5) is 0 Å². The highest BCUT2D eigenvalue weighted by atomic mass is 16.5. The molecule has 1 radical (unpaired) electrons. The van der Waals surface area contributed by atoms with Gasteiger partial charge in [0.05, 0.1) is 0 Å². The van der Waals surface area contributed by atoms with E-state index in [9.17, 15) is 0 Å². The molecule has 0 aliphatic rings. The van der Waals surface area contributed by atoms with Crippen molar-refractivity contribution in [3.05, 3.63) is 109 Å². The molecule has 131 valence electrons. The molecule has 0 N–H and O–H groups in total. The van der Waals surface area contributed by atoms with Gasteiger partial charge in [-0.2, -0.15) is 0 Å². The van der Waals surface area contributed by atoms with Crippen LogP contribution in [0.3, 0.4) is 0 Å². The fourth-order valence-electron chi connectivity index (χ4n) is 2.51. The minimum Gasteiger partial charge on any atom is -0.457 e. The van der Waals surface area contributed by atoms with E-state index in [1.165, 1.54) is 0 Å². The number of hydrogen-bond donors (Lipinski definition) is 0. The minimum absolute atomic E-state index is 0.491. The van der Waals surface area contributed by atoms with Gasteiger partial charge in [-0.05, 0) is 42.5 Å². The zero-order valence-electron chi connectivity index (χ0n) is 14.5. The van der Waals surface area contributed by atoms with Crippen LogP contribution >= 0.6 is 0 Å². The maximum Gasteiger partial charge on any atom is 0.178 e. The second-order valence-electron chi connectivity index (χ2n) is 5.77. The van der Waals surface area contributed by atoms with Crippen LogP contribution in [0, 0.1) is 6.07 Å². The lowest BCUT2D eigenvalue weighted by Gasteiger charge is -2.14. The molecule has 4 aromatic carbocycles. The summed E-state index contributed by atoms with van der Waals surface area (Å²) in [5, 5.41) is 0. The van der Waals surface area contributed by atoms with E-state index in [2.05, 4.69) is 6.07 Å². The Hall–Kier alpha value is -3.72. The third-order valence-corrected chi connectivity index (χ3v) is 3.76. The van der Waals surface area contributed by atoms with Crippen molar-refractivity contribution in [2.45, 2.75) is 0 Å². The van der Waals surface area contributed by atoms with Crippen molar-refractivity contribution in [3.63, 3.8) is 0 Å². The number of para-hydroxylation sites is 3. The van der Waals surface area contributed by atoms with Crippen molar-refractivity contribution in [2.24, 2.45) is 0 Å². The molecule has 0 saturated carbocycles. The highest BCUT2D eigenvalue weighted by Gasteiger charge is 2.11. The maximum absolute atomic E-state index is 6.02. The molecule has 0 heterocycles. The second-order valence-corrected chi connectivity index (χ2v) is 5.77. The first kappa shape index (κ1) is 16.7. The van der Waals surface area contributed by atoms with Crippen molar-refractivity contribution < 1.29 is 14.2 Å². The van der Waals surface area contributed by atoms with Gasteiger partial charge in [-0.1, -0.05) is 54.6 Å². The summed E-state index contributed by atoms with van der Waals surface area (Å²) in [5.41, 5.74) is 0. The molecule has 4 rings (SSSR count). The van der Waals surface area contributed by atoms with E-state index in [-0.39, 0.29) is 0 Å². The SMILES string of the molecule is [c]1cc(Oc2ccccc2)cc(Oc2ccccc2)c1Oc1ccccc1. The summed E-state index contributed by atoms with van der Waals surface area (Å²) in [6, 6.07) is 35.3. The maximum atomic E-state index is 6.02. The smallest absolute Gasteiger partial charge is 0.178 e. The monoisotopic (exact) mass is 353 g/mol. The Kier molecular flexibility index (Phi) is 5.02. The number of hydrogen-bond acceptors (Lipinski definition) is 3. The third kappa shape index (κ3) is 4.47. The molecule has 0 aliphatic heterocycles. The fraction of sp³-hybridized carbons (Fsp3) is 0. The summed E-state index contributed by atoms with van der Waals surface area (Å²) in [6.07, 6.45) is 0. The van der Waals surface area contributed by atoms with Crippen LogP contribution < -0.4 is 14.2 Å². The van der Waals surface area contributed by atoms with Gasteiger partial charge in [-0.15, -0.1) is 0 Å². The molecule has 3 nitrogen and oxygen atoms in total. The molecule has 0 unspecified atom stereocenters. The predicted octanol–water partition coefficient (Wildman–Crippen LogP) is 6.86. The molecule has 0 bridgehead atoms. The van der Waals surface area contributed by atoms with Gasteiger partial charge in [0.1, 0.15) is 23.0 Å². The largest absolute Gasteiger partial charge is 0.457 e. The first-order valence-corrected chi connectivity index (χ1v) is 8.61. The standard InChI is InChI=1S/C24H17O3/c1-4-10-19(11-5-1)25-22-16-17-23(26-20-12-6-2-7-13-20)24(18-22)27-21-14-8-3-9-15-21/h1-16,18H. The highest BCUT2D eigenvalue weighted by molar-refractivity contribution is 5.49. The second kappa shape index (κ2) is 8.11. The molecule has 0 amide bonds. The lowest BCUT2D eigenvalue weighted by atomic mass is 10.2. The van der Waals surface area contributed by atoms with Gasteiger partial charge in [-0.25, -0.2) is 0 Å². The molecule has 4 aromatic rings. The number of benzene rings is 4. The summed E-state index contributed by atoms with van der Waals surface area (Å²) in [5.74, 6) is 3.80. The molecule has 0 spiro atoms. The normalized spacial score (nSPS) is 10.2. The summed E-state index contributed by atoms with van der Waals surface area (Å²) < 4.78 is 17.9. The van der Waals surface area contributed by atoms with Crippen LogP contribution in [-0.4, -0.2) is 0 Å². The molecular formula is C24H17O3. The Morgan fingerprint density at radius 1 is 0.481 bits per heavy atom. The van der Waals surface area contributed by atoms with E-state index in [0.29, 0.717) is 28.7 Å². The summed E-state index contributed by atoms with van der Waals surface area (Å²) in [6.45, 7) is 0. The molecule has 0 saturated heterocycles. The van der Waals surface area contributed by atoms with Crippen LogP contribution in [0.25, 0.3) is 0 Å². The van der Waals surface area contributed by atoms with Gasteiger partial charge >= 0.3 is 0 Å². The van der Waals surface area contributed by atoms with Gasteiger partial charge in [0, 0.05) is 12.1 Å². The van der Waals surface area contributed by atoms with Gasteiger partial charge in [0.25, 0.3) is 0 Å². The first-order chi connectivity index (χ1) is 13.4. The summed E-state index contributed by atoms with van der Waals surface area (Å²) in [4.78, 5) is 0. The molecule has 0 atom stereocenters. The molecule has 3 heteroatoms. The lowest BCUT2D eigenvalue weighted by Crippen LogP contribution is -1.92. The van der Waals surface area contributed by atoms with Crippen LogP contribution in [0.1, 0.15) is 0 Å². The van der Waals surface area contributed by atoms with Crippen molar-refractivity contribution >= 4 is 0 Å². The van der Waals surface area contributed by atoms with E-state index in [1.54, 1.807) is 12.1 Å². The Morgan fingerprint density at radius 3 is 1.52 bits per heavy atom. The first-order valence-electron chi connectivity index (χ1n) is 8.61. The van der Waals surface area contributed by atoms with Crippen molar-refractivity contribution in [1.29, 1.82) is 0 Å². The van der Waals surface area contributed by atoms with Gasteiger partial charge in [-0.3, -0.25) is 0 Å². The molecule has 0 aromatic heterocycles. The average Bonchev–Trinajstić information content (AvgIpc) is 2.72. The molecule has 27 heavy (non-hydrogen) atoms. The van der Waals surface area contributed by atoms with Crippen molar-refractivity contribution in [2.75, 3.05) is 0 Å². The highest BCUT2D eigenvalue weighted by Crippen LogP contribution is 2.38. The van der Waals surface area contributed by atoms with Crippen molar-refractivity contribution in [1.82, 2.24) is 0 Å². The minimum atomic E-state index is 0.491. The third-order valence-electron chi connectivity index (χ3n) is 3.76. The van der Waals surface area contributed by atoms with Crippen LogP contribution in [0.2, 0.25) is 0 Å². The van der Waals surface area contributed by atoms with Crippen molar-refractivity contribution in [3.8, 4) is 34.5 Å². The predicted molar refractivity (Wildman–Crippen MR) is 105 cm³/mol. The molecular weight excluding hydrogens is 336 g/mol. The van der Waals surface area contributed by atoms with E-state index >= 15 is 0 Å². The van der Waals surface area contributed by atoms with E-state index in [1.807, 2.05) is 91.0 Å². The zero-order chi connectivity index (χ0) is 18.3. The van der Waals surface area contributed by atoms with E-state index in [0.717, 1.165) is 5.75 Å².